The first kappa shape index (κ1) is 12.1. The highest BCUT2D eigenvalue weighted by Crippen LogP contribution is 2.04. The van der Waals surface area contributed by atoms with E-state index in [1.165, 1.54) is 5.56 Å². The van der Waals surface area contributed by atoms with Crippen LogP contribution >= 0.6 is 0 Å². The SMILES string of the molecule is CC.CNCc1nc(C)ccc1C. The molecular formula is C11H20N2. The summed E-state index contributed by atoms with van der Waals surface area (Å²) in [5.41, 5.74) is 3.48. The van der Waals surface area contributed by atoms with E-state index in [0.717, 1.165) is 17.9 Å². The summed E-state index contributed by atoms with van der Waals surface area (Å²) in [6.07, 6.45) is 0. The average molecular weight is 180 g/mol. The van der Waals surface area contributed by atoms with Gasteiger partial charge in [0.05, 0.1) is 5.69 Å². The first-order valence-corrected chi connectivity index (χ1v) is 4.82. The Labute approximate surface area is 81.4 Å². The molecule has 13 heavy (non-hydrogen) atoms. The largest absolute Gasteiger partial charge is 0.314 e. The summed E-state index contributed by atoms with van der Waals surface area (Å²) in [5.74, 6) is 0. The van der Waals surface area contributed by atoms with Crippen molar-refractivity contribution in [2.24, 2.45) is 0 Å². The quantitative estimate of drug-likeness (QED) is 0.756. The van der Waals surface area contributed by atoms with Crippen LogP contribution in [-0.2, 0) is 6.54 Å². The molecule has 1 heterocycles. The third-order valence-corrected chi connectivity index (χ3v) is 1.69. The van der Waals surface area contributed by atoms with Gasteiger partial charge in [-0.15, -0.1) is 0 Å². The van der Waals surface area contributed by atoms with Crippen LogP contribution < -0.4 is 5.32 Å². The Morgan fingerprint density at radius 1 is 1.23 bits per heavy atom. The molecule has 1 rings (SSSR count). The van der Waals surface area contributed by atoms with Gasteiger partial charge in [-0.25, -0.2) is 0 Å². The Balaban J connectivity index is 0.000000671. The van der Waals surface area contributed by atoms with Gasteiger partial charge in [-0.05, 0) is 32.5 Å². The molecule has 1 aromatic rings. The number of nitrogens with zero attached hydrogens (tertiary/aromatic N) is 1. The van der Waals surface area contributed by atoms with Crippen molar-refractivity contribution in [3.8, 4) is 0 Å². The van der Waals surface area contributed by atoms with Crippen LogP contribution in [0.1, 0.15) is 30.8 Å². The highest BCUT2D eigenvalue weighted by molar-refractivity contribution is 5.20. The summed E-state index contributed by atoms with van der Waals surface area (Å²) in [5, 5.41) is 3.09. The Morgan fingerprint density at radius 2 is 1.85 bits per heavy atom. The van der Waals surface area contributed by atoms with Crippen LogP contribution in [0.4, 0.5) is 0 Å². The van der Waals surface area contributed by atoms with Gasteiger partial charge < -0.3 is 5.32 Å². The maximum Gasteiger partial charge on any atom is 0.0573 e. The number of hydrogen-bond donors (Lipinski definition) is 1. The molecule has 0 aromatic carbocycles. The fourth-order valence-electron chi connectivity index (χ4n) is 1.03. The van der Waals surface area contributed by atoms with Gasteiger partial charge >= 0.3 is 0 Å². The number of aryl methyl sites for hydroxylation is 2. The molecule has 1 N–H and O–H groups in total. The Kier molecular flexibility index (Phi) is 6.15. The lowest BCUT2D eigenvalue weighted by Crippen LogP contribution is -2.08. The van der Waals surface area contributed by atoms with Gasteiger partial charge in [0, 0.05) is 12.2 Å². The van der Waals surface area contributed by atoms with Gasteiger partial charge in [-0.3, -0.25) is 4.98 Å². The van der Waals surface area contributed by atoms with Crippen LogP contribution in [0, 0.1) is 13.8 Å². The van der Waals surface area contributed by atoms with Crippen molar-refractivity contribution >= 4 is 0 Å². The van der Waals surface area contributed by atoms with Gasteiger partial charge in [0.1, 0.15) is 0 Å². The maximum absolute atomic E-state index is 4.40. The van der Waals surface area contributed by atoms with Crippen molar-refractivity contribution in [3.05, 3.63) is 29.1 Å². The minimum Gasteiger partial charge on any atom is -0.314 e. The van der Waals surface area contributed by atoms with Crippen LogP contribution in [0.2, 0.25) is 0 Å². The molecule has 1 aromatic heterocycles. The van der Waals surface area contributed by atoms with Crippen molar-refractivity contribution in [2.45, 2.75) is 34.2 Å². The van der Waals surface area contributed by atoms with E-state index in [2.05, 4.69) is 23.3 Å². The topological polar surface area (TPSA) is 24.9 Å². The van der Waals surface area contributed by atoms with Crippen molar-refractivity contribution < 1.29 is 0 Å². The third-order valence-electron chi connectivity index (χ3n) is 1.69. The molecule has 0 saturated heterocycles. The summed E-state index contributed by atoms with van der Waals surface area (Å²) < 4.78 is 0. The zero-order valence-electron chi connectivity index (χ0n) is 9.31. The molecule has 2 nitrogen and oxygen atoms in total. The molecule has 0 radical (unpaired) electrons. The fraction of sp³-hybridized carbons (Fsp3) is 0.545. The van der Waals surface area contributed by atoms with Gasteiger partial charge in [-0.2, -0.15) is 0 Å². The highest BCUT2D eigenvalue weighted by atomic mass is 14.9. The van der Waals surface area contributed by atoms with Gasteiger partial charge in [-0.1, -0.05) is 19.9 Å². The predicted octanol–water partition coefficient (Wildman–Crippen LogP) is 2.44. The smallest absolute Gasteiger partial charge is 0.0573 e. The zero-order chi connectivity index (χ0) is 10.3. The molecule has 0 aliphatic carbocycles. The fourth-order valence-corrected chi connectivity index (χ4v) is 1.03. The molecule has 74 valence electrons. The monoisotopic (exact) mass is 180 g/mol. The lowest BCUT2D eigenvalue weighted by atomic mass is 10.2. The molecule has 0 aliphatic rings. The standard InChI is InChI=1S/C9H14N2.C2H6/c1-7-4-5-8(2)11-9(7)6-10-3;1-2/h4-5,10H,6H2,1-3H3;1-2H3. The van der Waals surface area contributed by atoms with E-state index in [4.69, 9.17) is 0 Å². The van der Waals surface area contributed by atoms with E-state index in [9.17, 15) is 0 Å². The van der Waals surface area contributed by atoms with Crippen LogP contribution in [0.5, 0.6) is 0 Å². The minimum atomic E-state index is 0.855. The van der Waals surface area contributed by atoms with Crippen molar-refractivity contribution in [1.29, 1.82) is 0 Å². The van der Waals surface area contributed by atoms with E-state index >= 15 is 0 Å². The second-order valence-electron chi connectivity index (χ2n) is 2.75. The van der Waals surface area contributed by atoms with Crippen molar-refractivity contribution in [2.75, 3.05) is 7.05 Å². The first-order chi connectivity index (χ1) is 6.24. The molecule has 0 fully saturated rings. The predicted molar refractivity (Wildman–Crippen MR) is 57.8 cm³/mol. The molecule has 0 bridgehead atoms. The second kappa shape index (κ2) is 6.61. The molecule has 0 saturated carbocycles. The average Bonchev–Trinajstić information content (AvgIpc) is 2.15. The summed E-state index contributed by atoms with van der Waals surface area (Å²) in [7, 11) is 1.93. The van der Waals surface area contributed by atoms with Crippen molar-refractivity contribution in [1.82, 2.24) is 10.3 Å². The first-order valence-electron chi connectivity index (χ1n) is 4.82. The van der Waals surface area contributed by atoms with E-state index < -0.39 is 0 Å². The van der Waals surface area contributed by atoms with E-state index in [-0.39, 0.29) is 0 Å². The van der Waals surface area contributed by atoms with E-state index in [1.54, 1.807) is 0 Å². The summed E-state index contributed by atoms with van der Waals surface area (Å²) in [6, 6.07) is 4.14. The van der Waals surface area contributed by atoms with Gasteiger partial charge in [0.25, 0.3) is 0 Å². The number of pyridine rings is 1. The molecule has 0 aliphatic heterocycles. The third kappa shape index (κ3) is 4.04. The summed E-state index contributed by atoms with van der Waals surface area (Å²) in [6.45, 7) is 8.95. The molecule has 0 atom stereocenters. The zero-order valence-corrected chi connectivity index (χ0v) is 9.31. The highest BCUT2D eigenvalue weighted by Gasteiger charge is 1.97. The Morgan fingerprint density at radius 3 is 2.38 bits per heavy atom. The lowest BCUT2D eigenvalue weighted by molar-refractivity contribution is 0.779. The van der Waals surface area contributed by atoms with Crippen LogP contribution in [0.3, 0.4) is 0 Å². The number of hydrogen-bond acceptors (Lipinski definition) is 2. The van der Waals surface area contributed by atoms with Gasteiger partial charge in [0.15, 0.2) is 0 Å². The van der Waals surface area contributed by atoms with Crippen LogP contribution in [-0.4, -0.2) is 12.0 Å². The molecule has 0 unspecified atom stereocenters. The minimum absolute atomic E-state index is 0.855. The summed E-state index contributed by atoms with van der Waals surface area (Å²) >= 11 is 0. The van der Waals surface area contributed by atoms with E-state index in [1.807, 2.05) is 33.9 Å². The van der Waals surface area contributed by atoms with Crippen LogP contribution in [0.25, 0.3) is 0 Å². The Hall–Kier alpha value is -0.890. The molecule has 0 spiro atoms. The second-order valence-corrected chi connectivity index (χ2v) is 2.75. The van der Waals surface area contributed by atoms with E-state index in [0.29, 0.717) is 0 Å². The van der Waals surface area contributed by atoms with Crippen molar-refractivity contribution in [3.63, 3.8) is 0 Å². The number of aromatic nitrogens is 1. The molecule has 2 heteroatoms. The molecule has 0 amide bonds. The number of nitrogens with one attached hydrogen (secondary N) is 1. The van der Waals surface area contributed by atoms with Crippen LogP contribution in [0.15, 0.2) is 12.1 Å². The number of rotatable bonds is 2. The summed E-state index contributed by atoms with van der Waals surface area (Å²) in [4.78, 5) is 4.40. The normalized spacial score (nSPS) is 9.00. The Bertz CT molecular complexity index is 244. The lowest BCUT2D eigenvalue weighted by Gasteiger charge is -2.03. The molecular weight excluding hydrogens is 160 g/mol. The maximum atomic E-state index is 4.40. The van der Waals surface area contributed by atoms with Gasteiger partial charge in [0.2, 0.25) is 0 Å².